The van der Waals surface area contributed by atoms with Crippen LogP contribution in [-0.4, -0.2) is 51.0 Å². The van der Waals surface area contributed by atoms with Gasteiger partial charge in [0.05, 0.1) is 17.3 Å². The molecule has 0 saturated carbocycles. The molecule has 4 aromatic rings. The number of H-pyrrole nitrogens is 1. The normalized spacial score (nSPS) is 16.8. The molecule has 1 spiro atoms. The SMILES string of the molecule is O=C(NN1CCC2(CC1)CNc1ccccc12)Oc1cc(-c2ccc(O)cc2)nc2[nH]ncc12. The first-order chi connectivity index (χ1) is 16.6. The van der Waals surface area contributed by atoms with Crippen molar-refractivity contribution in [2.24, 2.45) is 0 Å². The number of nitrogens with zero attached hydrogens (tertiary/aromatic N) is 3. The van der Waals surface area contributed by atoms with Crippen molar-refractivity contribution in [2.75, 3.05) is 25.0 Å². The van der Waals surface area contributed by atoms with Gasteiger partial charge in [-0.25, -0.2) is 14.8 Å². The van der Waals surface area contributed by atoms with E-state index in [0.717, 1.165) is 38.0 Å². The number of piperidine rings is 1. The Kier molecular flexibility index (Phi) is 4.84. The number of carbonyl (C=O) groups is 1. The van der Waals surface area contributed by atoms with Gasteiger partial charge in [0, 0.05) is 42.4 Å². The predicted molar refractivity (Wildman–Crippen MR) is 128 cm³/mol. The minimum absolute atomic E-state index is 0.117. The average Bonchev–Trinajstić information content (AvgIpc) is 3.47. The van der Waals surface area contributed by atoms with E-state index in [9.17, 15) is 9.90 Å². The number of nitrogens with one attached hydrogen (secondary N) is 3. The standard InChI is InChI=1S/C25H24N6O3/c32-17-7-5-16(6-8-17)21-13-22(18-14-27-29-23(18)28-21)34-24(33)30-31-11-9-25(10-12-31)15-26-20-4-2-1-3-19(20)25/h1-8,13-14,26,32H,9-12,15H2,(H,30,33)(H,27,28,29). The Hall–Kier alpha value is -4.11. The number of phenolic OH excluding ortho intramolecular Hbond substituents is 1. The zero-order valence-corrected chi connectivity index (χ0v) is 18.4. The van der Waals surface area contributed by atoms with Gasteiger partial charge in [-0.1, -0.05) is 18.2 Å². The molecule has 34 heavy (non-hydrogen) atoms. The van der Waals surface area contributed by atoms with Gasteiger partial charge in [-0.2, -0.15) is 5.10 Å². The highest BCUT2D eigenvalue weighted by molar-refractivity contribution is 5.87. The highest BCUT2D eigenvalue weighted by Crippen LogP contribution is 2.43. The number of aromatic nitrogens is 3. The van der Waals surface area contributed by atoms with Crippen LogP contribution in [0.25, 0.3) is 22.3 Å². The number of amides is 1. The number of aromatic amines is 1. The Balaban J connectivity index is 1.15. The van der Waals surface area contributed by atoms with Gasteiger partial charge in [-0.05, 0) is 48.7 Å². The van der Waals surface area contributed by atoms with Gasteiger partial charge >= 0.3 is 6.09 Å². The number of phenols is 1. The molecular weight excluding hydrogens is 432 g/mol. The lowest BCUT2D eigenvalue weighted by molar-refractivity contribution is 0.104. The Labute approximate surface area is 195 Å². The number of aromatic hydroxyl groups is 1. The van der Waals surface area contributed by atoms with Crippen molar-refractivity contribution in [1.29, 1.82) is 0 Å². The van der Waals surface area contributed by atoms with E-state index in [1.54, 1.807) is 36.5 Å². The maximum absolute atomic E-state index is 12.8. The van der Waals surface area contributed by atoms with E-state index in [-0.39, 0.29) is 11.2 Å². The lowest BCUT2D eigenvalue weighted by Gasteiger charge is -2.39. The smallest absolute Gasteiger partial charge is 0.427 e. The molecule has 2 aromatic carbocycles. The number of hydrogen-bond donors (Lipinski definition) is 4. The number of carbonyl (C=O) groups excluding carboxylic acids is 1. The summed E-state index contributed by atoms with van der Waals surface area (Å²) in [5, 5.41) is 22.5. The first-order valence-electron chi connectivity index (χ1n) is 11.3. The molecule has 0 radical (unpaired) electrons. The van der Waals surface area contributed by atoms with Gasteiger partial charge in [0.2, 0.25) is 0 Å². The largest absolute Gasteiger partial charge is 0.508 e. The first kappa shape index (κ1) is 20.5. The monoisotopic (exact) mass is 456 g/mol. The van der Waals surface area contributed by atoms with Crippen molar-refractivity contribution in [1.82, 2.24) is 25.6 Å². The van der Waals surface area contributed by atoms with E-state index in [2.05, 4.69) is 50.2 Å². The number of para-hydroxylation sites is 1. The summed E-state index contributed by atoms with van der Waals surface area (Å²) in [6.45, 7) is 2.41. The minimum Gasteiger partial charge on any atom is -0.508 e. The van der Waals surface area contributed by atoms with Crippen molar-refractivity contribution in [3.05, 3.63) is 66.4 Å². The number of hydrazine groups is 1. The highest BCUT2D eigenvalue weighted by atomic mass is 16.6. The summed E-state index contributed by atoms with van der Waals surface area (Å²) in [6, 6.07) is 16.9. The number of fused-ring (bicyclic) bond motifs is 3. The molecule has 6 rings (SSSR count). The third-order valence-corrected chi connectivity index (χ3v) is 6.84. The van der Waals surface area contributed by atoms with Crippen molar-refractivity contribution in [3.8, 4) is 22.8 Å². The van der Waals surface area contributed by atoms with E-state index in [4.69, 9.17) is 4.74 Å². The van der Waals surface area contributed by atoms with E-state index >= 15 is 0 Å². The van der Waals surface area contributed by atoms with E-state index in [1.165, 1.54) is 11.3 Å². The number of benzene rings is 2. The summed E-state index contributed by atoms with van der Waals surface area (Å²) in [5.41, 5.74) is 7.50. The van der Waals surface area contributed by atoms with E-state index < -0.39 is 6.09 Å². The minimum atomic E-state index is -0.550. The maximum atomic E-state index is 12.8. The number of ether oxygens (including phenoxy) is 1. The van der Waals surface area contributed by atoms with Crippen molar-refractivity contribution in [3.63, 3.8) is 0 Å². The Bertz CT molecular complexity index is 1360. The van der Waals surface area contributed by atoms with Crippen LogP contribution in [-0.2, 0) is 5.41 Å². The highest BCUT2D eigenvalue weighted by Gasteiger charge is 2.41. The molecule has 9 nitrogen and oxygen atoms in total. The van der Waals surface area contributed by atoms with Crippen LogP contribution in [0.3, 0.4) is 0 Å². The fraction of sp³-hybridized carbons (Fsp3) is 0.240. The molecule has 0 unspecified atom stereocenters. The second-order valence-corrected chi connectivity index (χ2v) is 8.85. The molecule has 1 saturated heterocycles. The van der Waals surface area contributed by atoms with Crippen LogP contribution >= 0.6 is 0 Å². The molecule has 2 aliphatic rings. The molecule has 0 aliphatic carbocycles. The van der Waals surface area contributed by atoms with Gasteiger partial charge in [0.25, 0.3) is 0 Å². The van der Waals surface area contributed by atoms with Crippen LogP contribution in [0.2, 0.25) is 0 Å². The zero-order valence-electron chi connectivity index (χ0n) is 18.4. The van der Waals surface area contributed by atoms with Gasteiger partial charge in [-0.3, -0.25) is 10.5 Å². The quantitative estimate of drug-likeness (QED) is 0.371. The average molecular weight is 457 g/mol. The molecular formula is C25H24N6O3. The molecule has 0 bridgehead atoms. The van der Waals surface area contributed by atoms with E-state index in [1.807, 2.05) is 5.01 Å². The Morgan fingerprint density at radius 2 is 1.91 bits per heavy atom. The van der Waals surface area contributed by atoms with Crippen LogP contribution < -0.4 is 15.5 Å². The third-order valence-electron chi connectivity index (χ3n) is 6.84. The molecule has 2 aliphatic heterocycles. The predicted octanol–water partition coefficient (Wildman–Crippen LogP) is 3.79. The van der Waals surface area contributed by atoms with Gasteiger partial charge in [0.15, 0.2) is 5.65 Å². The molecule has 4 heterocycles. The lowest BCUT2D eigenvalue weighted by atomic mass is 9.74. The molecule has 1 fully saturated rings. The molecule has 1 amide bonds. The van der Waals surface area contributed by atoms with Crippen LogP contribution in [0.15, 0.2) is 60.8 Å². The topological polar surface area (TPSA) is 115 Å². The molecule has 4 N–H and O–H groups in total. The Morgan fingerprint density at radius 3 is 2.74 bits per heavy atom. The van der Waals surface area contributed by atoms with Crippen molar-refractivity contribution >= 4 is 22.8 Å². The molecule has 9 heteroatoms. The zero-order chi connectivity index (χ0) is 23.1. The number of rotatable bonds is 3. The first-order valence-corrected chi connectivity index (χ1v) is 11.3. The van der Waals surface area contributed by atoms with Crippen LogP contribution in [0.5, 0.6) is 11.5 Å². The fourth-order valence-corrected chi connectivity index (χ4v) is 4.97. The number of pyridine rings is 1. The molecule has 172 valence electrons. The number of hydrogen-bond acceptors (Lipinski definition) is 7. The maximum Gasteiger partial charge on any atom is 0.427 e. The number of anilines is 1. The summed E-state index contributed by atoms with van der Waals surface area (Å²) >= 11 is 0. The second kappa shape index (κ2) is 8.03. The lowest BCUT2D eigenvalue weighted by Crippen LogP contribution is -2.51. The van der Waals surface area contributed by atoms with Crippen molar-refractivity contribution in [2.45, 2.75) is 18.3 Å². The third kappa shape index (κ3) is 3.60. The summed E-state index contributed by atoms with van der Waals surface area (Å²) in [7, 11) is 0. The van der Waals surface area contributed by atoms with Crippen LogP contribution in [0.1, 0.15) is 18.4 Å². The second-order valence-electron chi connectivity index (χ2n) is 8.85. The van der Waals surface area contributed by atoms with Crippen LogP contribution in [0, 0.1) is 0 Å². The van der Waals surface area contributed by atoms with Crippen molar-refractivity contribution < 1.29 is 14.6 Å². The molecule has 0 atom stereocenters. The Morgan fingerprint density at radius 1 is 1.12 bits per heavy atom. The van der Waals surface area contributed by atoms with E-state index in [0.29, 0.717) is 22.5 Å². The van der Waals surface area contributed by atoms with Gasteiger partial charge < -0.3 is 15.2 Å². The van der Waals surface area contributed by atoms with Gasteiger partial charge in [-0.15, -0.1) is 0 Å². The summed E-state index contributed by atoms with van der Waals surface area (Å²) in [6.07, 6.45) is 2.93. The summed E-state index contributed by atoms with van der Waals surface area (Å²) in [5.74, 6) is 0.532. The van der Waals surface area contributed by atoms with Gasteiger partial charge in [0.1, 0.15) is 11.5 Å². The van der Waals surface area contributed by atoms with Crippen LogP contribution in [0.4, 0.5) is 10.5 Å². The summed E-state index contributed by atoms with van der Waals surface area (Å²) < 4.78 is 5.69. The fourth-order valence-electron chi connectivity index (χ4n) is 4.97. The summed E-state index contributed by atoms with van der Waals surface area (Å²) in [4.78, 5) is 17.3. The molecule has 2 aromatic heterocycles.